The molecule has 0 saturated carbocycles. The van der Waals surface area contributed by atoms with Crippen LogP contribution in [0.25, 0.3) is 5.65 Å². The predicted octanol–water partition coefficient (Wildman–Crippen LogP) is 3.14. The van der Waals surface area contributed by atoms with E-state index in [2.05, 4.69) is 42.9 Å². The molecule has 1 aromatic carbocycles. The smallest absolute Gasteiger partial charge is 0.180 e. The van der Waals surface area contributed by atoms with Gasteiger partial charge in [-0.3, -0.25) is 0 Å². The number of hydrogen-bond donors (Lipinski definition) is 0. The summed E-state index contributed by atoms with van der Waals surface area (Å²) < 4.78 is 7.91. The number of aromatic nitrogens is 3. The van der Waals surface area contributed by atoms with E-state index >= 15 is 0 Å². The molecule has 0 bridgehead atoms. The number of ether oxygens (including phenoxy) is 1. The fourth-order valence-electron chi connectivity index (χ4n) is 2.22. The van der Waals surface area contributed by atoms with E-state index in [9.17, 15) is 0 Å². The van der Waals surface area contributed by atoms with E-state index in [0.29, 0.717) is 0 Å². The van der Waals surface area contributed by atoms with E-state index < -0.39 is 0 Å². The lowest BCUT2D eigenvalue weighted by atomic mass is 10.2. The van der Waals surface area contributed by atoms with Crippen molar-refractivity contribution in [1.82, 2.24) is 14.4 Å². The topological polar surface area (TPSA) is 42.7 Å². The molecule has 0 N–H and O–H groups in total. The number of fused-ring (bicyclic) bond motifs is 1. The van der Waals surface area contributed by atoms with Gasteiger partial charge < -0.3 is 14.0 Å². The highest BCUT2D eigenvalue weighted by Crippen LogP contribution is 2.22. The van der Waals surface area contributed by atoms with Crippen molar-refractivity contribution >= 4 is 27.4 Å². The van der Waals surface area contributed by atoms with Crippen LogP contribution in [-0.2, 0) is 6.54 Å². The molecule has 6 heteroatoms. The summed E-state index contributed by atoms with van der Waals surface area (Å²) in [6.45, 7) is 0.746. The first-order chi connectivity index (χ1) is 10.2. The van der Waals surface area contributed by atoms with Crippen LogP contribution < -0.4 is 9.64 Å². The van der Waals surface area contributed by atoms with E-state index in [1.54, 1.807) is 13.3 Å². The molecule has 2 aromatic heterocycles. The summed E-state index contributed by atoms with van der Waals surface area (Å²) in [7, 11) is 3.68. The Bertz CT molecular complexity index is 754. The molecule has 108 valence electrons. The fraction of sp³-hybridized carbons (Fsp3) is 0.200. The van der Waals surface area contributed by atoms with Gasteiger partial charge in [-0.15, -0.1) is 0 Å². The third-order valence-corrected chi connectivity index (χ3v) is 3.65. The van der Waals surface area contributed by atoms with Crippen molar-refractivity contribution in [3.63, 3.8) is 0 Å². The lowest BCUT2D eigenvalue weighted by Crippen LogP contribution is -2.19. The Morgan fingerprint density at radius 2 is 2.05 bits per heavy atom. The zero-order chi connectivity index (χ0) is 14.8. The molecule has 0 amide bonds. The molecule has 3 rings (SSSR count). The summed E-state index contributed by atoms with van der Waals surface area (Å²) in [5, 5.41) is 0. The van der Waals surface area contributed by atoms with Crippen molar-refractivity contribution in [3.8, 4) is 5.75 Å². The summed E-state index contributed by atoms with van der Waals surface area (Å²) in [5.41, 5.74) is 2.03. The maximum absolute atomic E-state index is 5.18. The third-order valence-electron chi connectivity index (χ3n) is 3.27. The number of imidazole rings is 1. The fourth-order valence-corrected chi connectivity index (χ4v) is 2.61. The van der Waals surface area contributed by atoms with Gasteiger partial charge in [0.25, 0.3) is 0 Å². The molecule has 3 aromatic rings. The maximum Gasteiger partial charge on any atom is 0.180 e. The first kappa shape index (κ1) is 13.9. The Labute approximate surface area is 131 Å². The molecular weight excluding hydrogens is 332 g/mol. The molecule has 0 aliphatic rings. The van der Waals surface area contributed by atoms with Gasteiger partial charge in [0.1, 0.15) is 10.4 Å². The molecule has 2 heterocycles. The minimum atomic E-state index is 0.746. The Morgan fingerprint density at radius 1 is 1.29 bits per heavy atom. The Kier molecular flexibility index (Phi) is 3.79. The van der Waals surface area contributed by atoms with Crippen LogP contribution in [0.15, 0.2) is 47.5 Å². The Morgan fingerprint density at radius 3 is 2.76 bits per heavy atom. The first-order valence-electron chi connectivity index (χ1n) is 6.50. The van der Waals surface area contributed by atoms with Crippen LogP contribution in [0, 0.1) is 0 Å². The zero-order valence-electron chi connectivity index (χ0n) is 11.8. The largest absolute Gasteiger partial charge is 0.497 e. The van der Waals surface area contributed by atoms with Crippen molar-refractivity contribution in [2.75, 3.05) is 19.1 Å². The van der Waals surface area contributed by atoms with Gasteiger partial charge in [0, 0.05) is 32.2 Å². The zero-order valence-corrected chi connectivity index (χ0v) is 13.4. The molecule has 0 radical (unpaired) electrons. The van der Waals surface area contributed by atoms with E-state index in [1.165, 1.54) is 5.56 Å². The molecule has 0 fully saturated rings. The van der Waals surface area contributed by atoms with Crippen molar-refractivity contribution in [3.05, 3.63) is 53.0 Å². The van der Waals surface area contributed by atoms with Crippen LogP contribution >= 0.6 is 15.9 Å². The number of benzene rings is 1. The van der Waals surface area contributed by atoms with Gasteiger partial charge in [0.05, 0.1) is 7.11 Å². The number of rotatable bonds is 4. The van der Waals surface area contributed by atoms with Crippen LogP contribution in [-0.4, -0.2) is 28.5 Å². The summed E-state index contributed by atoms with van der Waals surface area (Å²) in [6.07, 6.45) is 5.58. The minimum Gasteiger partial charge on any atom is -0.497 e. The van der Waals surface area contributed by atoms with E-state index in [4.69, 9.17) is 4.74 Å². The Hall–Kier alpha value is -2.08. The van der Waals surface area contributed by atoms with Crippen LogP contribution in [0.3, 0.4) is 0 Å². The van der Waals surface area contributed by atoms with E-state index in [1.807, 2.05) is 36.0 Å². The second-order valence-electron chi connectivity index (χ2n) is 4.75. The van der Waals surface area contributed by atoms with Gasteiger partial charge in [-0.1, -0.05) is 12.1 Å². The van der Waals surface area contributed by atoms with Crippen molar-refractivity contribution in [2.45, 2.75) is 6.54 Å². The highest BCUT2D eigenvalue weighted by molar-refractivity contribution is 9.10. The summed E-state index contributed by atoms with van der Waals surface area (Å²) in [6, 6.07) is 8.03. The molecule has 21 heavy (non-hydrogen) atoms. The highest BCUT2D eigenvalue weighted by atomic mass is 79.9. The normalized spacial score (nSPS) is 10.8. The maximum atomic E-state index is 5.18. The molecule has 0 unspecified atom stereocenters. The van der Waals surface area contributed by atoms with Crippen LogP contribution in [0.5, 0.6) is 5.75 Å². The van der Waals surface area contributed by atoms with Gasteiger partial charge in [0.2, 0.25) is 0 Å². The summed E-state index contributed by atoms with van der Waals surface area (Å²) in [4.78, 5) is 11.0. The molecular formula is C15H15BrN4O. The average Bonchev–Trinajstić information content (AvgIpc) is 2.95. The van der Waals surface area contributed by atoms with Crippen LogP contribution in [0.2, 0.25) is 0 Å². The number of nitrogens with zero attached hydrogens (tertiary/aromatic N) is 4. The van der Waals surface area contributed by atoms with Gasteiger partial charge in [-0.2, -0.15) is 0 Å². The lowest BCUT2D eigenvalue weighted by molar-refractivity contribution is 0.414. The van der Waals surface area contributed by atoms with Crippen LogP contribution in [0.4, 0.5) is 5.82 Å². The van der Waals surface area contributed by atoms with Crippen LogP contribution in [0.1, 0.15) is 5.56 Å². The molecule has 5 nitrogen and oxygen atoms in total. The number of hydrogen-bond acceptors (Lipinski definition) is 4. The third kappa shape index (κ3) is 2.85. The quantitative estimate of drug-likeness (QED) is 0.727. The molecule has 0 atom stereocenters. The molecule has 0 spiro atoms. The average molecular weight is 347 g/mol. The molecule has 0 aliphatic heterocycles. The second-order valence-corrected chi connectivity index (χ2v) is 5.56. The summed E-state index contributed by atoms with van der Waals surface area (Å²) in [5.74, 6) is 1.70. The van der Waals surface area contributed by atoms with Crippen molar-refractivity contribution in [2.24, 2.45) is 0 Å². The number of methoxy groups -OCH3 is 1. The molecule has 0 saturated heterocycles. The van der Waals surface area contributed by atoms with E-state index in [-0.39, 0.29) is 0 Å². The van der Waals surface area contributed by atoms with Gasteiger partial charge >= 0.3 is 0 Å². The summed E-state index contributed by atoms with van der Waals surface area (Å²) >= 11 is 3.44. The second kappa shape index (κ2) is 5.73. The first-order valence-corrected chi connectivity index (χ1v) is 7.30. The van der Waals surface area contributed by atoms with Gasteiger partial charge in [0.15, 0.2) is 11.5 Å². The van der Waals surface area contributed by atoms with Gasteiger partial charge in [-0.25, -0.2) is 9.97 Å². The molecule has 0 aliphatic carbocycles. The Balaban J connectivity index is 1.89. The predicted molar refractivity (Wildman–Crippen MR) is 85.8 cm³/mol. The highest BCUT2D eigenvalue weighted by Gasteiger charge is 2.11. The standard InChI is InChI=1S/C15H15BrN4O/c1-19(9-11-3-5-12(21-2)6-4-11)15-14-17-7-8-20(14)10-13(16)18-15/h3-8,10H,9H2,1-2H3. The van der Waals surface area contributed by atoms with E-state index in [0.717, 1.165) is 28.4 Å². The van der Waals surface area contributed by atoms with Crippen molar-refractivity contribution < 1.29 is 4.74 Å². The lowest BCUT2D eigenvalue weighted by Gasteiger charge is -2.19. The SMILES string of the molecule is COc1ccc(CN(C)c2nc(Br)cn3ccnc23)cc1. The monoisotopic (exact) mass is 346 g/mol. The number of halogens is 1. The van der Waals surface area contributed by atoms with Crippen molar-refractivity contribution in [1.29, 1.82) is 0 Å². The minimum absolute atomic E-state index is 0.746. The van der Waals surface area contributed by atoms with Gasteiger partial charge in [-0.05, 0) is 33.6 Å². The number of anilines is 1.